The molecule has 9 heteroatoms. The quantitative estimate of drug-likeness (QED) is 0.213. The van der Waals surface area contributed by atoms with Crippen LogP contribution in [0, 0.1) is 6.92 Å². The van der Waals surface area contributed by atoms with Gasteiger partial charge in [0.2, 0.25) is 0 Å². The first-order valence-corrected chi connectivity index (χ1v) is 14.0. The van der Waals surface area contributed by atoms with Crippen LogP contribution >= 0.6 is 0 Å². The van der Waals surface area contributed by atoms with Crippen molar-refractivity contribution >= 4 is 11.9 Å². The number of hydrogen-bond acceptors (Lipinski definition) is 7. The van der Waals surface area contributed by atoms with Gasteiger partial charge in [-0.1, -0.05) is 60.2 Å². The lowest BCUT2D eigenvalue weighted by molar-refractivity contribution is -0.156. The summed E-state index contributed by atoms with van der Waals surface area (Å²) in [5.74, 6) is 0.333. The zero-order chi connectivity index (χ0) is 30.1. The maximum absolute atomic E-state index is 13.3. The lowest BCUT2D eigenvalue weighted by atomic mass is 10.1. The predicted octanol–water partition coefficient (Wildman–Crippen LogP) is 4.76. The van der Waals surface area contributed by atoms with Crippen LogP contribution in [0.2, 0.25) is 0 Å². The van der Waals surface area contributed by atoms with Crippen LogP contribution in [-0.2, 0) is 40.2 Å². The summed E-state index contributed by atoms with van der Waals surface area (Å²) in [4.78, 5) is 37.6. The normalized spacial score (nSPS) is 11.2. The van der Waals surface area contributed by atoms with Gasteiger partial charge in [0.1, 0.15) is 18.2 Å². The van der Waals surface area contributed by atoms with Crippen LogP contribution in [0.5, 0.6) is 5.75 Å². The molecule has 0 radical (unpaired) electrons. The van der Waals surface area contributed by atoms with E-state index >= 15 is 0 Å². The van der Waals surface area contributed by atoms with Crippen LogP contribution in [0.4, 0.5) is 0 Å². The molecule has 4 aromatic rings. The first-order chi connectivity index (χ1) is 20.2. The van der Waals surface area contributed by atoms with Crippen LogP contribution in [0.15, 0.2) is 83.7 Å². The fraction of sp³-hybridized carbons (Fsp3) is 0.333. The number of aromatic nitrogens is 3. The number of methoxy groups -OCH3 is 1. The van der Waals surface area contributed by atoms with Gasteiger partial charge in [-0.2, -0.15) is 5.10 Å². The number of rotatable bonds is 13. The fourth-order valence-corrected chi connectivity index (χ4v) is 4.51. The van der Waals surface area contributed by atoms with Gasteiger partial charge in [0.05, 0.1) is 25.8 Å². The molecule has 220 valence electrons. The van der Waals surface area contributed by atoms with Gasteiger partial charge in [-0.3, -0.25) is 4.57 Å². The average Bonchev–Trinajstić information content (AvgIpc) is 3.28. The van der Waals surface area contributed by atoms with E-state index < -0.39 is 17.5 Å². The molecule has 0 aliphatic carbocycles. The van der Waals surface area contributed by atoms with E-state index in [4.69, 9.17) is 14.2 Å². The highest BCUT2D eigenvalue weighted by Gasteiger charge is 2.31. The minimum absolute atomic E-state index is 0.0558. The average molecular weight is 572 g/mol. The van der Waals surface area contributed by atoms with E-state index in [1.807, 2.05) is 61.5 Å². The van der Waals surface area contributed by atoms with Gasteiger partial charge in [-0.15, -0.1) is 0 Å². The monoisotopic (exact) mass is 571 g/mol. The second-order valence-electron chi connectivity index (χ2n) is 10.6. The van der Waals surface area contributed by atoms with E-state index in [2.05, 4.69) is 5.10 Å². The van der Waals surface area contributed by atoms with Crippen molar-refractivity contribution in [3.05, 3.63) is 117 Å². The molecular weight excluding hydrogens is 534 g/mol. The number of nitrogens with zero attached hydrogens (tertiary/aromatic N) is 3. The number of esters is 2. The minimum atomic E-state index is -1.09. The van der Waals surface area contributed by atoms with Crippen LogP contribution in [0.3, 0.4) is 0 Å². The zero-order valence-corrected chi connectivity index (χ0v) is 24.5. The van der Waals surface area contributed by atoms with Crippen molar-refractivity contribution in [2.24, 2.45) is 0 Å². The molecule has 0 unspecified atom stereocenters. The molecule has 1 heterocycles. The van der Waals surface area contributed by atoms with Crippen molar-refractivity contribution in [3.63, 3.8) is 0 Å². The molecule has 0 fully saturated rings. The maximum Gasteiger partial charge on any atom is 0.349 e. The lowest BCUT2D eigenvalue weighted by Crippen LogP contribution is -2.39. The van der Waals surface area contributed by atoms with Crippen molar-refractivity contribution in [1.82, 2.24) is 14.3 Å². The highest BCUT2D eigenvalue weighted by Crippen LogP contribution is 2.21. The van der Waals surface area contributed by atoms with Crippen molar-refractivity contribution in [1.29, 1.82) is 0 Å². The SMILES string of the molecule is COC(=O)C(C)(C)Oc1ccc(CCCc2nn(Cc3ccc(C)cc3)c(=O)n2CCOC(=O)c2ccccc2)cc1. The molecule has 0 aliphatic heterocycles. The third-order valence-corrected chi connectivity index (χ3v) is 6.85. The highest BCUT2D eigenvalue weighted by molar-refractivity contribution is 5.89. The lowest BCUT2D eigenvalue weighted by Gasteiger charge is -2.23. The summed E-state index contributed by atoms with van der Waals surface area (Å²) >= 11 is 0. The molecule has 0 spiro atoms. The number of carbonyl (C=O) groups excluding carboxylic acids is 2. The van der Waals surface area contributed by atoms with Crippen molar-refractivity contribution in [2.45, 2.75) is 58.7 Å². The third kappa shape index (κ3) is 7.96. The second kappa shape index (κ2) is 13.8. The van der Waals surface area contributed by atoms with Crippen LogP contribution in [0.25, 0.3) is 0 Å². The van der Waals surface area contributed by atoms with Gasteiger partial charge >= 0.3 is 17.6 Å². The molecule has 0 atom stereocenters. The van der Waals surface area contributed by atoms with E-state index in [1.54, 1.807) is 42.7 Å². The summed E-state index contributed by atoms with van der Waals surface area (Å²) in [7, 11) is 1.33. The molecule has 4 rings (SSSR count). The zero-order valence-electron chi connectivity index (χ0n) is 24.5. The topological polar surface area (TPSA) is 102 Å². The standard InChI is InChI=1S/C33H37N3O6/c1-24-13-15-26(16-14-24)23-36-32(39)35(21-22-41-30(37)27-10-6-5-7-11-27)29(34-36)12-8-9-25-17-19-28(20-18-25)42-33(2,3)31(38)40-4/h5-7,10-11,13-20H,8-9,12,21-23H2,1-4H3. The predicted molar refractivity (Wildman–Crippen MR) is 159 cm³/mol. The van der Waals surface area contributed by atoms with Crippen molar-refractivity contribution in [3.8, 4) is 5.75 Å². The number of hydrogen-bond donors (Lipinski definition) is 0. The molecule has 0 saturated heterocycles. The molecule has 3 aromatic carbocycles. The summed E-state index contributed by atoms with van der Waals surface area (Å²) in [6, 6.07) is 24.3. The Morgan fingerprint density at radius 2 is 1.55 bits per heavy atom. The van der Waals surface area contributed by atoms with Gasteiger partial charge in [-0.05, 0) is 69.0 Å². The Bertz CT molecular complexity index is 1540. The smallest absolute Gasteiger partial charge is 0.349 e. The van der Waals surface area contributed by atoms with Crippen molar-refractivity contribution in [2.75, 3.05) is 13.7 Å². The number of benzene rings is 3. The second-order valence-corrected chi connectivity index (χ2v) is 10.6. The summed E-state index contributed by atoms with van der Waals surface area (Å²) in [6.07, 6.45) is 2.07. The number of carbonyl (C=O) groups is 2. The highest BCUT2D eigenvalue weighted by atomic mass is 16.6. The first-order valence-electron chi connectivity index (χ1n) is 14.0. The summed E-state index contributed by atoms with van der Waals surface area (Å²) < 4.78 is 19.1. The van der Waals surface area contributed by atoms with Gasteiger partial charge in [-0.25, -0.2) is 19.1 Å². The fourth-order valence-electron chi connectivity index (χ4n) is 4.51. The summed E-state index contributed by atoms with van der Waals surface area (Å²) in [6.45, 7) is 5.96. The Labute approximate surface area is 245 Å². The summed E-state index contributed by atoms with van der Waals surface area (Å²) in [5.41, 5.74) is 2.34. The van der Waals surface area contributed by atoms with E-state index in [-0.39, 0.29) is 18.8 Å². The number of ether oxygens (including phenoxy) is 3. The number of aryl methyl sites for hydroxylation is 3. The van der Waals surface area contributed by atoms with Gasteiger partial charge in [0.25, 0.3) is 0 Å². The molecule has 9 nitrogen and oxygen atoms in total. The molecule has 1 aromatic heterocycles. The van der Waals surface area contributed by atoms with Crippen LogP contribution in [-0.4, -0.2) is 45.6 Å². The molecular formula is C33H37N3O6. The molecule has 42 heavy (non-hydrogen) atoms. The van der Waals surface area contributed by atoms with E-state index in [0.29, 0.717) is 30.1 Å². The summed E-state index contributed by atoms with van der Waals surface area (Å²) in [5, 5.41) is 4.66. The Morgan fingerprint density at radius 3 is 2.21 bits per heavy atom. The minimum Gasteiger partial charge on any atom is -0.476 e. The Hall–Kier alpha value is -4.66. The van der Waals surface area contributed by atoms with Crippen LogP contribution in [0.1, 0.15) is 53.1 Å². The van der Waals surface area contributed by atoms with Gasteiger partial charge in [0, 0.05) is 6.42 Å². The molecule has 0 amide bonds. The third-order valence-electron chi connectivity index (χ3n) is 6.85. The Kier molecular flexibility index (Phi) is 9.96. The van der Waals surface area contributed by atoms with E-state index in [9.17, 15) is 14.4 Å². The Balaban J connectivity index is 1.42. The largest absolute Gasteiger partial charge is 0.476 e. The molecule has 0 aliphatic rings. The van der Waals surface area contributed by atoms with Gasteiger partial charge in [0.15, 0.2) is 5.60 Å². The first kappa shape index (κ1) is 30.3. The molecule has 0 N–H and O–H groups in total. The van der Waals surface area contributed by atoms with E-state index in [0.717, 1.165) is 29.5 Å². The molecule has 0 bridgehead atoms. The Morgan fingerprint density at radius 1 is 0.881 bits per heavy atom. The maximum atomic E-state index is 13.3. The molecule has 0 saturated carbocycles. The van der Waals surface area contributed by atoms with E-state index in [1.165, 1.54) is 11.8 Å². The van der Waals surface area contributed by atoms with Crippen molar-refractivity contribution < 1.29 is 23.8 Å². The van der Waals surface area contributed by atoms with Gasteiger partial charge < -0.3 is 14.2 Å². The van der Waals surface area contributed by atoms with Crippen LogP contribution < -0.4 is 10.4 Å².